The van der Waals surface area contributed by atoms with E-state index >= 15 is 0 Å². The van der Waals surface area contributed by atoms with Crippen molar-refractivity contribution in [1.82, 2.24) is 4.90 Å². The molecule has 2 aromatic carbocycles. The molecule has 2 N–H and O–H groups in total. The van der Waals surface area contributed by atoms with Crippen molar-refractivity contribution in [2.75, 3.05) is 23.7 Å². The molecule has 0 aliphatic carbocycles. The van der Waals surface area contributed by atoms with Gasteiger partial charge in [0.25, 0.3) is 0 Å². The predicted octanol–water partition coefficient (Wildman–Crippen LogP) is 4.79. The van der Waals surface area contributed by atoms with Crippen molar-refractivity contribution in [2.45, 2.75) is 26.7 Å². The lowest BCUT2D eigenvalue weighted by Crippen LogP contribution is -2.43. The molecular formula is C22H25F2N3O2. The molecule has 154 valence electrons. The quantitative estimate of drug-likeness (QED) is 0.774. The van der Waals surface area contributed by atoms with Crippen LogP contribution >= 0.6 is 0 Å². The van der Waals surface area contributed by atoms with Gasteiger partial charge in [-0.25, -0.2) is 13.6 Å². The highest BCUT2D eigenvalue weighted by Crippen LogP contribution is 2.27. The molecule has 0 bridgehead atoms. The topological polar surface area (TPSA) is 61.4 Å². The number of aryl methyl sites for hydroxylation is 1. The highest BCUT2D eigenvalue weighted by molar-refractivity contribution is 5.92. The summed E-state index contributed by atoms with van der Waals surface area (Å²) in [6.45, 7) is 4.83. The Hall–Kier alpha value is -2.96. The minimum Gasteiger partial charge on any atom is -0.325 e. The van der Waals surface area contributed by atoms with E-state index in [4.69, 9.17) is 0 Å². The molecule has 0 radical (unpaired) electrons. The third-order valence-corrected chi connectivity index (χ3v) is 5.44. The summed E-state index contributed by atoms with van der Waals surface area (Å²) in [6, 6.07) is 10.4. The van der Waals surface area contributed by atoms with Crippen LogP contribution in [0, 0.1) is 30.4 Å². The van der Waals surface area contributed by atoms with Crippen LogP contribution in [0.25, 0.3) is 0 Å². The molecule has 1 atom stereocenters. The molecule has 0 aromatic heterocycles. The van der Waals surface area contributed by atoms with Gasteiger partial charge in [-0.2, -0.15) is 0 Å². The summed E-state index contributed by atoms with van der Waals surface area (Å²) in [7, 11) is 0. The smallest absolute Gasteiger partial charge is 0.321 e. The Labute approximate surface area is 169 Å². The first-order valence-corrected chi connectivity index (χ1v) is 9.72. The number of likely N-dealkylation sites (tertiary alicyclic amines) is 1. The summed E-state index contributed by atoms with van der Waals surface area (Å²) in [4.78, 5) is 26.6. The van der Waals surface area contributed by atoms with Crippen LogP contribution in [0.1, 0.15) is 25.3 Å². The summed E-state index contributed by atoms with van der Waals surface area (Å²) < 4.78 is 27.0. The van der Waals surface area contributed by atoms with Gasteiger partial charge in [-0.05, 0) is 49.9 Å². The van der Waals surface area contributed by atoms with Crippen molar-refractivity contribution in [2.24, 2.45) is 11.8 Å². The fourth-order valence-electron chi connectivity index (χ4n) is 3.50. The molecule has 1 fully saturated rings. The van der Waals surface area contributed by atoms with Gasteiger partial charge in [0.1, 0.15) is 11.6 Å². The van der Waals surface area contributed by atoms with Crippen molar-refractivity contribution < 1.29 is 18.4 Å². The van der Waals surface area contributed by atoms with Crippen molar-refractivity contribution in [3.05, 3.63) is 59.7 Å². The van der Waals surface area contributed by atoms with E-state index in [1.54, 1.807) is 11.8 Å². The number of hydrogen-bond donors (Lipinski definition) is 2. The van der Waals surface area contributed by atoms with Crippen LogP contribution in [0.3, 0.4) is 0 Å². The van der Waals surface area contributed by atoms with E-state index in [0.717, 1.165) is 29.4 Å². The molecule has 3 amide bonds. The maximum atomic E-state index is 13.7. The number of benzene rings is 2. The first-order valence-electron chi connectivity index (χ1n) is 9.72. The molecule has 0 spiro atoms. The van der Waals surface area contributed by atoms with Crippen LogP contribution in [0.2, 0.25) is 0 Å². The fraction of sp³-hybridized carbons (Fsp3) is 0.364. The molecular weight excluding hydrogens is 376 g/mol. The van der Waals surface area contributed by atoms with Crippen LogP contribution in [0.5, 0.6) is 0 Å². The zero-order valence-electron chi connectivity index (χ0n) is 16.5. The summed E-state index contributed by atoms with van der Waals surface area (Å²) in [5.41, 5.74) is 1.71. The molecule has 1 heterocycles. The molecule has 1 aliphatic rings. The summed E-state index contributed by atoms with van der Waals surface area (Å²) >= 11 is 0. The van der Waals surface area contributed by atoms with Crippen molar-refractivity contribution in [3.8, 4) is 0 Å². The number of piperidine rings is 1. The Morgan fingerprint density at radius 3 is 2.34 bits per heavy atom. The van der Waals surface area contributed by atoms with Crippen molar-refractivity contribution in [3.63, 3.8) is 0 Å². The number of amides is 3. The Bertz CT molecular complexity index is 878. The number of anilines is 2. The van der Waals surface area contributed by atoms with E-state index in [1.165, 1.54) is 0 Å². The largest absolute Gasteiger partial charge is 0.325 e. The Balaban J connectivity index is 1.51. The monoisotopic (exact) mass is 401 g/mol. The lowest BCUT2D eigenvalue weighted by molar-refractivity contribution is -0.121. The van der Waals surface area contributed by atoms with Gasteiger partial charge in [0.05, 0.1) is 5.69 Å². The summed E-state index contributed by atoms with van der Waals surface area (Å²) in [6.07, 6.45) is 1.34. The van der Waals surface area contributed by atoms with E-state index in [9.17, 15) is 18.4 Å². The van der Waals surface area contributed by atoms with Gasteiger partial charge in [0.2, 0.25) is 5.91 Å². The van der Waals surface area contributed by atoms with Crippen LogP contribution in [-0.2, 0) is 4.79 Å². The molecule has 29 heavy (non-hydrogen) atoms. The minimum atomic E-state index is -0.672. The van der Waals surface area contributed by atoms with Gasteiger partial charge in [-0.1, -0.05) is 24.6 Å². The van der Waals surface area contributed by atoms with Gasteiger partial charge in [-0.15, -0.1) is 0 Å². The molecule has 7 heteroatoms. The lowest BCUT2D eigenvalue weighted by atomic mass is 9.85. The number of hydrogen-bond acceptors (Lipinski definition) is 2. The van der Waals surface area contributed by atoms with Gasteiger partial charge in [-0.3, -0.25) is 4.79 Å². The summed E-state index contributed by atoms with van der Waals surface area (Å²) in [5, 5.41) is 5.35. The Morgan fingerprint density at radius 1 is 1.03 bits per heavy atom. The van der Waals surface area contributed by atoms with E-state index in [2.05, 4.69) is 10.6 Å². The van der Waals surface area contributed by atoms with Crippen LogP contribution in [0.15, 0.2) is 42.5 Å². The second-order valence-electron chi connectivity index (χ2n) is 7.52. The lowest BCUT2D eigenvalue weighted by Gasteiger charge is -2.34. The van der Waals surface area contributed by atoms with E-state index in [-0.39, 0.29) is 29.5 Å². The standard InChI is InChI=1S/C22H25F2N3O2/c1-14-3-6-18(7-4-14)25-22(29)27-11-9-16(10-12-27)15(2)21(28)26-20-13-17(23)5-8-19(20)24/h3-8,13,15-16H,9-12H2,1-2H3,(H,25,29)(H,26,28)/t15-/m1/s1. The maximum Gasteiger partial charge on any atom is 0.321 e. The molecule has 0 unspecified atom stereocenters. The third-order valence-electron chi connectivity index (χ3n) is 5.44. The number of nitrogens with one attached hydrogen (secondary N) is 2. The molecule has 1 saturated heterocycles. The molecule has 5 nitrogen and oxygen atoms in total. The number of halogens is 2. The van der Waals surface area contributed by atoms with Crippen LogP contribution in [-0.4, -0.2) is 29.9 Å². The highest BCUT2D eigenvalue weighted by atomic mass is 19.1. The normalized spacial score (nSPS) is 15.7. The number of nitrogens with zero attached hydrogens (tertiary/aromatic N) is 1. The van der Waals surface area contributed by atoms with Gasteiger partial charge < -0.3 is 15.5 Å². The van der Waals surface area contributed by atoms with E-state index in [0.29, 0.717) is 25.9 Å². The zero-order valence-corrected chi connectivity index (χ0v) is 16.5. The molecule has 2 aromatic rings. The average molecular weight is 401 g/mol. The summed E-state index contributed by atoms with van der Waals surface area (Å²) in [5.74, 6) is -1.94. The number of rotatable bonds is 4. The van der Waals surface area contributed by atoms with Crippen molar-refractivity contribution in [1.29, 1.82) is 0 Å². The zero-order chi connectivity index (χ0) is 21.0. The fourth-order valence-corrected chi connectivity index (χ4v) is 3.50. The third kappa shape index (κ3) is 5.31. The minimum absolute atomic E-state index is 0.0649. The molecule has 0 saturated carbocycles. The van der Waals surface area contributed by atoms with Gasteiger partial charge in [0, 0.05) is 30.8 Å². The van der Waals surface area contributed by atoms with Gasteiger partial charge in [0.15, 0.2) is 0 Å². The van der Waals surface area contributed by atoms with E-state index in [1.807, 2.05) is 31.2 Å². The van der Waals surface area contributed by atoms with Crippen LogP contribution < -0.4 is 10.6 Å². The predicted molar refractivity (Wildman–Crippen MR) is 109 cm³/mol. The Morgan fingerprint density at radius 2 is 1.69 bits per heavy atom. The van der Waals surface area contributed by atoms with Crippen LogP contribution in [0.4, 0.5) is 25.0 Å². The Kier molecular flexibility index (Phi) is 6.46. The second-order valence-corrected chi connectivity index (χ2v) is 7.52. The average Bonchev–Trinajstić information content (AvgIpc) is 2.72. The van der Waals surface area contributed by atoms with Gasteiger partial charge >= 0.3 is 6.03 Å². The number of carbonyl (C=O) groups is 2. The molecule has 1 aliphatic heterocycles. The van der Waals surface area contributed by atoms with Crippen molar-refractivity contribution >= 4 is 23.3 Å². The second kappa shape index (κ2) is 9.03. The molecule has 3 rings (SSSR count). The highest BCUT2D eigenvalue weighted by Gasteiger charge is 2.30. The first kappa shape index (κ1) is 20.8. The van der Waals surface area contributed by atoms with E-state index < -0.39 is 11.6 Å². The SMILES string of the molecule is Cc1ccc(NC(=O)N2CCC([C@@H](C)C(=O)Nc3cc(F)ccc3F)CC2)cc1. The number of carbonyl (C=O) groups excluding carboxylic acids is 2. The first-order chi connectivity index (χ1) is 13.8. The number of urea groups is 1. The maximum absolute atomic E-state index is 13.7.